The maximum Gasteiger partial charge on any atom is 0.244 e. The number of aromatic nitrogens is 2. The summed E-state index contributed by atoms with van der Waals surface area (Å²) in [7, 11) is 0. The van der Waals surface area contributed by atoms with Gasteiger partial charge in [0, 0.05) is 16.8 Å². The molecule has 0 radical (unpaired) electrons. The van der Waals surface area contributed by atoms with E-state index in [4.69, 9.17) is 26.8 Å². The summed E-state index contributed by atoms with van der Waals surface area (Å²) in [4.78, 5) is 0. The van der Waals surface area contributed by atoms with E-state index in [0.717, 1.165) is 16.8 Å². The van der Waals surface area contributed by atoms with Crippen LogP contribution in [0.4, 0.5) is 4.39 Å². The van der Waals surface area contributed by atoms with Crippen molar-refractivity contribution in [1.29, 1.82) is 5.26 Å². The van der Waals surface area contributed by atoms with Crippen molar-refractivity contribution in [1.82, 2.24) is 10.2 Å². The molecule has 0 unspecified atom stereocenters. The molecular formula is C21H16ClFN4O2. The van der Waals surface area contributed by atoms with Gasteiger partial charge in [-0.15, -0.1) is 5.10 Å². The number of aromatic amines is 1. The minimum atomic E-state index is -0.455. The molecule has 146 valence electrons. The third-order valence-corrected chi connectivity index (χ3v) is 5.12. The molecule has 1 aromatic heterocycles. The number of nitrogens with one attached hydrogen (secondary N) is 1. The average Bonchev–Trinajstić information content (AvgIpc) is 3.07. The number of fused-ring (bicyclic) bond motifs is 1. The van der Waals surface area contributed by atoms with Gasteiger partial charge in [-0.2, -0.15) is 5.26 Å². The van der Waals surface area contributed by atoms with Crippen LogP contribution in [0, 0.1) is 24.1 Å². The molecule has 0 saturated heterocycles. The monoisotopic (exact) mass is 410 g/mol. The van der Waals surface area contributed by atoms with Crippen LogP contribution in [0.3, 0.4) is 0 Å². The Morgan fingerprint density at radius 1 is 1.34 bits per heavy atom. The van der Waals surface area contributed by atoms with Gasteiger partial charge in [0.05, 0.1) is 10.9 Å². The lowest BCUT2D eigenvalue weighted by Gasteiger charge is -2.24. The van der Waals surface area contributed by atoms with Gasteiger partial charge in [-0.05, 0) is 36.8 Å². The second-order valence-electron chi connectivity index (χ2n) is 6.55. The van der Waals surface area contributed by atoms with Gasteiger partial charge in [-0.1, -0.05) is 29.8 Å². The van der Waals surface area contributed by atoms with Crippen LogP contribution in [0.2, 0.25) is 5.02 Å². The van der Waals surface area contributed by atoms with Gasteiger partial charge in [-0.3, -0.25) is 5.10 Å². The first-order valence-corrected chi connectivity index (χ1v) is 9.15. The third kappa shape index (κ3) is 3.39. The lowest BCUT2D eigenvalue weighted by Crippen LogP contribution is -2.21. The SMILES string of the molecule is Cc1[nH]nc2c1[C@@H](c1cccc(OCc3c(F)cccc3Cl)c1)C(C#N)=C(N)O2. The van der Waals surface area contributed by atoms with Gasteiger partial charge in [0.2, 0.25) is 11.8 Å². The summed E-state index contributed by atoms with van der Waals surface area (Å²) in [5.41, 5.74) is 8.79. The normalized spacial score (nSPS) is 15.4. The Morgan fingerprint density at radius 3 is 2.90 bits per heavy atom. The number of halogens is 2. The van der Waals surface area contributed by atoms with Crippen molar-refractivity contribution in [2.24, 2.45) is 5.73 Å². The zero-order valence-electron chi connectivity index (χ0n) is 15.4. The summed E-state index contributed by atoms with van der Waals surface area (Å²) in [6.45, 7) is 1.82. The van der Waals surface area contributed by atoms with Gasteiger partial charge in [0.15, 0.2) is 0 Å². The first kappa shape index (κ1) is 18.8. The van der Waals surface area contributed by atoms with Crippen LogP contribution in [-0.4, -0.2) is 10.2 Å². The molecule has 0 aliphatic carbocycles. The van der Waals surface area contributed by atoms with Crippen LogP contribution >= 0.6 is 11.6 Å². The van der Waals surface area contributed by atoms with E-state index in [1.807, 2.05) is 13.0 Å². The fourth-order valence-corrected chi connectivity index (χ4v) is 3.56. The Hall–Kier alpha value is -3.50. The quantitative estimate of drug-likeness (QED) is 0.668. The fourth-order valence-electron chi connectivity index (χ4n) is 3.34. The van der Waals surface area contributed by atoms with Gasteiger partial charge in [0.1, 0.15) is 29.8 Å². The molecule has 0 bridgehead atoms. The molecule has 4 rings (SSSR count). The van der Waals surface area contributed by atoms with Crippen molar-refractivity contribution in [3.63, 3.8) is 0 Å². The number of allylic oxidation sites excluding steroid dienone is 1. The first-order valence-electron chi connectivity index (χ1n) is 8.77. The summed E-state index contributed by atoms with van der Waals surface area (Å²) in [5.74, 6) is -0.0244. The zero-order valence-corrected chi connectivity index (χ0v) is 16.1. The van der Waals surface area contributed by atoms with E-state index >= 15 is 0 Å². The van der Waals surface area contributed by atoms with Gasteiger partial charge in [-0.25, -0.2) is 4.39 Å². The summed E-state index contributed by atoms with van der Waals surface area (Å²) in [5, 5.41) is 16.9. The highest BCUT2D eigenvalue weighted by atomic mass is 35.5. The topological polar surface area (TPSA) is 97.0 Å². The molecule has 29 heavy (non-hydrogen) atoms. The largest absolute Gasteiger partial charge is 0.489 e. The predicted octanol–water partition coefficient (Wildman–Crippen LogP) is 4.31. The van der Waals surface area contributed by atoms with Crippen LogP contribution in [0.1, 0.15) is 28.3 Å². The predicted molar refractivity (Wildman–Crippen MR) is 105 cm³/mol. The third-order valence-electron chi connectivity index (χ3n) is 4.77. The van der Waals surface area contributed by atoms with Crippen LogP contribution in [-0.2, 0) is 6.61 Å². The number of ether oxygens (including phenoxy) is 2. The number of hydrogen-bond acceptors (Lipinski definition) is 5. The van der Waals surface area contributed by atoms with Crippen LogP contribution in [0.15, 0.2) is 53.9 Å². The molecule has 3 aromatic rings. The van der Waals surface area contributed by atoms with Gasteiger partial charge in [0.25, 0.3) is 0 Å². The highest BCUT2D eigenvalue weighted by Crippen LogP contribution is 2.43. The number of rotatable bonds is 4. The molecular weight excluding hydrogens is 395 g/mol. The van der Waals surface area contributed by atoms with Crippen molar-refractivity contribution in [2.45, 2.75) is 19.4 Å². The maximum absolute atomic E-state index is 14.0. The lowest BCUT2D eigenvalue weighted by molar-refractivity contribution is 0.299. The lowest BCUT2D eigenvalue weighted by atomic mass is 9.84. The molecule has 8 heteroatoms. The van der Waals surface area contributed by atoms with E-state index in [1.165, 1.54) is 12.1 Å². The zero-order chi connectivity index (χ0) is 20.5. The van der Waals surface area contributed by atoms with E-state index in [2.05, 4.69) is 16.3 Å². The Labute approximate surface area is 171 Å². The number of benzene rings is 2. The van der Waals surface area contributed by atoms with Crippen LogP contribution in [0.5, 0.6) is 11.6 Å². The smallest absolute Gasteiger partial charge is 0.244 e. The van der Waals surface area contributed by atoms with E-state index in [-0.39, 0.29) is 23.6 Å². The molecule has 0 spiro atoms. The van der Waals surface area contributed by atoms with Crippen molar-refractivity contribution in [3.8, 4) is 17.7 Å². The molecule has 1 aliphatic heterocycles. The fraction of sp³-hybridized carbons (Fsp3) is 0.143. The Kier molecular flexibility index (Phi) is 4.87. The molecule has 6 nitrogen and oxygen atoms in total. The number of hydrogen-bond donors (Lipinski definition) is 2. The van der Waals surface area contributed by atoms with E-state index in [0.29, 0.717) is 16.7 Å². The second kappa shape index (κ2) is 7.49. The van der Waals surface area contributed by atoms with E-state index in [9.17, 15) is 9.65 Å². The minimum absolute atomic E-state index is 0.0148. The number of aryl methyl sites for hydroxylation is 1. The highest BCUT2D eigenvalue weighted by molar-refractivity contribution is 6.31. The van der Waals surface area contributed by atoms with Crippen molar-refractivity contribution >= 4 is 11.6 Å². The van der Waals surface area contributed by atoms with Crippen molar-refractivity contribution in [2.75, 3.05) is 0 Å². The maximum atomic E-state index is 14.0. The Balaban J connectivity index is 1.68. The number of H-pyrrole nitrogens is 1. The summed E-state index contributed by atoms with van der Waals surface area (Å²) >= 11 is 6.06. The molecule has 2 aromatic carbocycles. The average molecular weight is 411 g/mol. The Bertz CT molecular complexity index is 1150. The van der Waals surface area contributed by atoms with Crippen molar-refractivity contribution < 1.29 is 13.9 Å². The summed E-state index contributed by atoms with van der Waals surface area (Å²) in [6.07, 6.45) is 0. The van der Waals surface area contributed by atoms with Crippen LogP contribution < -0.4 is 15.2 Å². The minimum Gasteiger partial charge on any atom is -0.489 e. The van der Waals surface area contributed by atoms with E-state index < -0.39 is 11.7 Å². The molecule has 0 amide bonds. The highest BCUT2D eigenvalue weighted by Gasteiger charge is 2.34. The Morgan fingerprint density at radius 2 is 2.14 bits per heavy atom. The van der Waals surface area contributed by atoms with Crippen molar-refractivity contribution in [3.05, 3.63) is 87.1 Å². The molecule has 1 atom stereocenters. The van der Waals surface area contributed by atoms with Gasteiger partial charge < -0.3 is 15.2 Å². The molecule has 1 aliphatic rings. The summed E-state index contributed by atoms with van der Waals surface area (Å²) in [6, 6.07) is 13.8. The number of nitrogens with zero attached hydrogens (tertiary/aromatic N) is 2. The molecule has 3 N–H and O–H groups in total. The molecule has 2 heterocycles. The standard InChI is InChI=1S/C21H16ClFN4O2/c1-11-18-19(14(9-24)20(25)29-21(18)27-26-11)12-4-2-5-13(8-12)28-10-15-16(22)6-3-7-17(15)23/h2-8,19H,10,25H2,1H3,(H,26,27)/t19-/m0/s1. The van der Waals surface area contributed by atoms with Gasteiger partial charge >= 0.3 is 0 Å². The molecule has 0 saturated carbocycles. The van der Waals surface area contributed by atoms with Crippen LogP contribution in [0.25, 0.3) is 0 Å². The first-order chi connectivity index (χ1) is 14.0. The summed E-state index contributed by atoms with van der Waals surface area (Å²) < 4.78 is 25.2. The number of nitrogens with two attached hydrogens (primary N) is 1. The molecule has 0 fully saturated rings. The van der Waals surface area contributed by atoms with E-state index in [1.54, 1.807) is 24.3 Å². The second-order valence-corrected chi connectivity index (χ2v) is 6.96. The number of nitriles is 1.